The number of benzene rings is 2. The van der Waals surface area contributed by atoms with E-state index in [1.165, 1.54) is 17.0 Å². The molecule has 172 valence electrons. The van der Waals surface area contributed by atoms with Crippen LogP contribution in [0.3, 0.4) is 0 Å². The molecule has 4 N–H and O–H groups in total. The zero-order valence-electron chi connectivity index (χ0n) is 18.6. The number of carbonyl (C=O) groups excluding carboxylic acids is 3. The number of phenolic OH excluding ortho intramolecular Hbond substituents is 2. The standard InChI is InChI=1S/C25H27N3O5/c1-3-4-9-28-22(31)20-17(11-14-6-8-18(29)19(30)12-14)27-25(21(20)23(28)32)15-10-13(2)5-7-16(15)26-24(25)33/h5-8,10,12,17,20-21,27,29-30H,3-4,9,11H2,1-2H3,(H,26,33). The van der Waals surface area contributed by atoms with Gasteiger partial charge in [0.1, 0.15) is 5.54 Å². The van der Waals surface area contributed by atoms with Crippen LogP contribution < -0.4 is 10.6 Å². The molecule has 2 aromatic rings. The Balaban J connectivity index is 1.61. The van der Waals surface area contributed by atoms with Gasteiger partial charge in [0, 0.05) is 23.8 Å². The number of imide groups is 1. The van der Waals surface area contributed by atoms with E-state index in [0.29, 0.717) is 36.2 Å². The predicted molar refractivity (Wildman–Crippen MR) is 120 cm³/mol. The molecule has 2 saturated heterocycles. The SMILES string of the molecule is CCCCN1C(=O)C2C(Cc3ccc(O)c(O)c3)NC3(C(=O)Nc4ccc(C)cc43)C2C1=O. The molecule has 2 fully saturated rings. The summed E-state index contributed by atoms with van der Waals surface area (Å²) in [6.45, 7) is 4.26. The van der Waals surface area contributed by atoms with Gasteiger partial charge < -0.3 is 15.5 Å². The molecular formula is C25H27N3O5. The molecule has 8 nitrogen and oxygen atoms in total. The van der Waals surface area contributed by atoms with Crippen LogP contribution in [0.2, 0.25) is 0 Å². The van der Waals surface area contributed by atoms with Crippen LogP contribution in [0, 0.1) is 18.8 Å². The van der Waals surface area contributed by atoms with Crippen molar-refractivity contribution in [3.63, 3.8) is 0 Å². The van der Waals surface area contributed by atoms with Crippen LogP contribution >= 0.6 is 0 Å². The number of amides is 3. The Bertz CT molecular complexity index is 1180. The summed E-state index contributed by atoms with van der Waals surface area (Å²) in [5, 5.41) is 25.9. The lowest BCUT2D eigenvalue weighted by Crippen LogP contribution is -2.53. The average molecular weight is 450 g/mol. The molecule has 4 atom stereocenters. The van der Waals surface area contributed by atoms with E-state index in [1.807, 2.05) is 32.0 Å². The molecule has 8 heteroatoms. The molecule has 0 saturated carbocycles. The lowest BCUT2D eigenvalue weighted by molar-refractivity contribution is -0.142. The smallest absolute Gasteiger partial charge is 0.250 e. The molecule has 4 unspecified atom stereocenters. The van der Waals surface area contributed by atoms with Gasteiger partial charge in [-0.1, -0.05) is 37.1 Å². The Hall–Kier alpha value is -3.39. The van der Waals surface area contributed by atoms with E-state index in [-0.39, 0.29) is 29.2 Å². The van der Waals surface area contributed by atoms with Gasteiger partial charge in [0.2, 0.25) is 17.7 Å². The first-order valence-corrected chi connectivity index (χ1v) is 11.3. The van der Waals surface area contributed by atoms with Crippen LogP contribution in [-0.4, -0.2) is 45.4 Å². The number of carbonyl (C=O) groups is 3. The number of hydrogen-bond donors (Lipinski definition) is 4. The van der Waals surface area contributed by atoms with Crippen molar-refractivity contribution >= 4 is 23.4 Å². The summed E-state index contributed by atoms with van der Waals surface area (Å²) < 4.78 is 0. The van der Waals surface area contributed by atoms with Crippen molar-refractivity contribution in [3.8, 4) is 11.5 Å². The maximum Gasteiger partial charge on any atom is 0.250 e. The Morgan fingerprint density at radius 1 is 1.03 bits per heavy atom. The number of likely N-dealkylation sites (tertiary alicyclic amines) is 1. The minimum Gasteiger partial charge on any atom is -0.504 e. The van der Waals surface area contributed by atoms with Gasteiger partial charge in [-0.25, -0.2) is 0 Å². The second kappa shape index (κ2) is 7.59. The zero-order chi connectivity index (χ0) is 23.5. The highest BCUT2D eigenvalue weighted by Crippen LogP contribution is 2.53. The van der Waals surface area contributed by atoms with E-state index >= 15 is 0 Å². The fourth-order valence-corrected chi connectivity index (χ4v) is 5.64. The van der Waals surface area contributed by atoms with E-state index in [1.54, 1.807) is 6.07 Å². The van der Waals surface area contributed by atoms with Gasteiger partial charge in [0.15, 0.2) is 11.5 Å². The van der Waals surface area contributed by atoms with Gasteiger partial charge >= 0.3 is 0 Å². The highest BCUT2D eigenvalue weighted by molar-refractivity contribution is 6.15. The summed E-state index contributed by atoms with van der Waals surface area (Å²) in [4.78, 5) is 41.9. The number of phenols is 2. The minimum atomic E-state index is -1.33. The van der Waals surface area contributed by atoms with Crippen molar-refractivity contribution in [3.05, 3.63) is 53.1 Å². The molecule has 3 aliphatic rings. The summed E-state index contributed by atoms with van der Waals surface area (Å²) in [5.74, 6) is -2.94. The fourth-order valence-electron chi connectivity index (χ4n) is 5.64. The number of rotatable bonds is 5. The number of nitrogens with zero attached hydrogens (tertiary/aromatic N) is 1. The highest BCUT2D eigenvalue weighted by atomic mass is 16.3. The third-order valence-corrected chi connectivity index (χ3v) is 7.19. The van der Waals surface area contributed by atoms with Crippen molar-refractivity contribution < 1.29 is 24.6 Å². The van der Waals surface area contributed by atoms with Gasteiger partial charge in [0.25, 0.3) is 0 Å². The molecule has 0 bridgehead atoms. The first-order chi connectivity index (χ1) is 15.8. The molecule has 0 radical (unpaired) electrons. The summed E-state index contributed by atoms with van der Waals surface area (Å²) in [6.07, 6.45) is 1.86. The number of unbranched alkanes of at least 4 members (excludes halogenated alkanes) is 1. The maximum atomic E-state index is 13.6. The first kappa shape index (κ1) is 21.5. The molecule has 3 aliphatic heterocycles. The molecule has 2 aromatic carbocycles. The Kier molecular flexibility index (Phi) is 4.93. The Morgan fingerprint density at radius 2 is 1.82 bits per heavy atom. The van der Waals surface area contributed by atoms with Crippen molar-refractivity contribution in [1.82, 2.24) is 10.2 Å². The molecule has 1 spiro atoms. The van der Waals surface area contributed by atoms with Crippen LogP contribution in [0.25, 0.3) is 0 Å². The minimum absolute atomic E-state index is 0.232. The summed E-state index contributed by atoms with van der Waals surface area (Å²) in [6, 6.07) is 9.63. The number of aryl methyl sites for hydroxylation is 1. The number of fused-ring (bicyclic) bond motifs is 4. The van der Waals surface area contributed by atoms with Gasteiger partial charge in [-0.2, -0.15) is 0 Å². The highest BCUT2D eigenvalue weighted by Gasteiger charge is 2.70. The van der Waals surface area contributed by atoms with Crippen molar-refractivity contribution in [1.29, 1.82) is 0 Å². The first-order valence-electron chi connectivity index (χ1n) is 11.3. The lowest BCUT2D eigenvalue weighted by atomic mass is 9.76. The Morgan fingerprint density at radius 3 is 2.55 bits per heavy atom. The number of hydrogen-bond acceptors (Lipinski definition) is 6. The van der Waals surface area contributed by atoms with Crippen molar-refractivity contribution in [2.45, 2.75) is 44.7 Å². The van der Waals surface area contributed by atoms with Crippen molar-refractivity contribution in [2.75, 3.05) is 11.9 Å². The van der Waals surface area contributed by atoms with Gasteiger partial charge in [-0.3, -0.25) is 24.6 Å². The molecular weight excluding hydrogens is 422 g/mol. The third-order valence-electron chi connectivity index (χ3n) is 7.19. The lowest BCUT2D eigenvalue weighted by Gasteiger charge is -2.29. The maximum absolute atomic E-state index is 13.6. The summed E-state index contributed by atoms with van der Waals surface area (Å²) in [5.41, 5.74) is 1.65. The van der Waals surface area contributed by atoms with E-state index in [2.05, 4.69) is 10.6 Å². The zero-order valence-corrected chi connectivity index (χ0v) is 18.6. The topological polar surface area (TPSA) is 119 Å². The van der Waals surface area contributed by atoms with Crippen LogP contribution in [0.4, 0.5) is 5.69 Å². The molecule has 0 aliphatic carbocycles. The second-order valence-electron chi connectivity index (χ2n) is 9.27. The normalized spacial score (nSPS) is 27.9. The molecule has 5 rings (SSSR count). The van der Waals surface area contributed by atoms with E-state index < -0.39 is 23.4 Å². The summed E-state index contributed by atoms with van der Waals surface area (Å²) >= 11 is 0. The van der Waals surface area contributed by atoms with Crippen LogP contribution in [-0.2, 0) is 26.3 Å². The fraction of sp³-hybridized carbons (Fsp3) is 0.400. The predicted octanol–water partition coefficient (Wildman–Crippen LogP) is 2.17. The van der Waals surface area contributed by atoms with Crippen molar-refractivity contribution in [2.24, 2.45) is 11.8 Å². The second-order valence-corrected chi connectivity index (χ2v) is 9.27. The number of aromatic hydroxyl groups is 2. The largest absolute Gasteiger partial charge is 0.504 e. The molecule has 0 aromatic heterocycles. The van der Waals surface area contributed by atoms with E-state index in [9.17, 15) is 24.6 Å². The van der Waals surface area contributed by atoms with Crippen LogP contribution in [0.15, 0.2) is 36.4 Å². The Labute approximate surface area is 191 Å². The average Bonchev–Trinajstić information content (AvgIpc) is 3.34. The molecule has 3 amide bonds. The van der Waals surface area contributed by atoms with Gasteiger partial charge in [-0.05, 0) is 43.5 Å². The monoisotopic (exact) mass is 449 g/mol. The molecule has 3 heterocycles. The number of nitrogens with one attached hydrogen (secondary N) is 2. The quantitative estimate of drug-likeness (QED) is 0.410. The summed E-state index contributed by atoms with van der Waals surface area (Å²) in [7, 11) is 0. The molecule has 33 heavy (non-hydrogen) atoms. The van der Waals surface area contributed by atoms with Gasteiger partial charge in [0.05, 0.1) is 11.8 Å². The van der Waals surface area contributed by atoms with Crippen LogP contribution in [0.5, 0.6) is 11.5 Å². The van der Waals surface area contributed by atoms with E-state index in [4.69, 9.17) is 0 Å². The third kappa shape index (κ3) is 3.04. The van der Waals surface area contributed by atoms with Crippen LogP contribution in [0.1, 0.15) is 36.5 Å². The van der Waals surface area contributed by atoms with E-state index in [0.717, 1.165) is 12.0 Å². The van der Waals surface area contributed by atoms with Gasteiger partial charge in [-0.15, -0.1) is 0 Å². The number of anilines is 1.